The van der Waals surface area contributed by atoms with E-state index in [1.807, 2.05) is 48.5 Å². The maximum atomic E-state index is 11.7. The summed E-state index contributed by atoms with van der Waals surface area (Å²) in [4.78, 5) is 12.3. The van der Waals surface area contributed by atoms with Crippen molar-refractivity contribution in [3.8, 4) is 11.1 Å². The van der Waals surface area contributed by atoms with Crippen molar-refractivity contribution in [1.29, 1.82) is 0 Å². The second kappa shape index (κ2) is 5.27. The van der Waals surface area contributed by atoms with Crippen LogP contribution in [0.4, 0.5) is 0 Å². The van der Waals surface area contributed by atoms with E-state index in [2.05, 4.69) is 0 Å². The zero-order valence-corrected chi connectivity index (χ0v) is 12.3. The molecule has 4 heteroatoms. The molecule has 0 amide bonds. The van der Waals surface area contributed by atoms with Gasteiger partial charge in [0, 0.05) is 20.7 Å². The molecule has 0 atom stereocenters. The molecule has 0 aliphatic rings. The highest BCUT2D eigenvalue weighted by atomic mass is 35.5. The number of hydrogen-bond acceptors (Lipinski definition) is 3. The molecule has 0 unspecified atom stereocenters. The minimum absolute atomic E-state index is 0.309. The molecular weight excluding hydrogens is 292 g/mol. The molecule has 3 rings (SSSR count). The van der Waals surface area contributed by atoms with Gasteiger partial charge in [-0.05, 0) is 23.8 Å². The first kappa shape index (κ1) is 13.2. The van der Waals surface area contributed by atoms with Crippen molar-refractivity contribution in [2.24, 2.45) is 0 Å². The quantitative estimate of drug-likeness (QED) is 0.622. The molecule has 100 valence electrons. The highest BCUT2D eigenvalue weighted by Gasteiger charge is 2.14. The van der Waals surface area contributed by atoms with Gasteiger partial charge in [-0.3, -0.25) is 0 Å². The second-order valence-corrected chi connectivity index (χ2v) is 5.79. The van der Waals surface area contributed by atoms with E-state index in [-0.39, 0.29) is 5.97 Å². The fourth-order valence-electron chi connectivity index (χ4n) is 2.18. The van der Waals surface area contributed by atoms with E-state index in [9.17, 15) is 4.79 Å². The number of rotatable bonds is 2. The van der Waals surface area contributed by atoms with Gasteiger partial charge in [-0.2, -0.15) is 0 Å². The van der Waals surface area contributed by atoms with Crippen molar-refractivity contribution in [3.05, 3.63) is 58.4 Å². The van der Waals surface area contributed by atoms with Crippen LogP contribution in [0.5, 0.6) is 0 Å². The second-order valence-electron chi connectivity index (χ2n) is 4.30. The van der Waals surface area contributed by atoms with Crippen LogP contribution in [0.2, 0.25) is 5.02 Å². The molecule has 0 saturated carbocycles. The average molecular weight is 303 g/mol. The molecule has 1 aromatic heterocycles. The number of hydrogen-bond donors (Lipinski definition) is 0. The third-order valence-corrected chi connectivity index (χ3v) is 4.52. The summed E-state index contributed by atoms with van der Waals surface area (Å²) in [7, 11) is 1.39. The zero-order chi connectivity index (χ0) is 14.1. The summed E-state index contributed by atoms with van der Waals surface area (Å²) < 4.78 is 5.82. The monoisotopic (exact) mass is 302 g/mol. The highest BCUT2D eigenvalue weighted by molar-refractivity contribution is 7.20. The van der Waals surface area contributed by atoms with Gasteiger partial charge < -0.3 is 4.74 Å². The third kappa shape index (κ3) is 2.19. The lowest BCUT2D eigenvalue weighted by Crippen LogP contribution is -1.96. The van der Waals surface area contributed by atoms with E-state index in [0.717, 1.165) is 21.2 Å². The van der Waals surface area contributed by atoms with Crippen molar-refractivity contribution in [2.75, 3.05) is 7.11 Å². The van der Waals surface area contributed by atoms with Crippen LogP contribution in [-0.4, -0.2) is 13.1 Å². The van der Waals surface area contributed by atoms with Gasteiger partial charge in [0.1, 0.15) is 4.88 Å². The van der Waals surface area contributed by atoms with Crippen LogP contribution < -0.4 is 0 Å². The van der Waals surface area contributed by atoms with Crippen LogP contribution >= 0.6 is 22.9 Å². The van der Waals surface area contributed by atoms with Gasteiger partial charge in [-0.1, -0.05) is 41.9 Å². The molecule has 0 saturated heterocycles. The number of carbonyl (C=O) groups is 1. The topological polar surface area (TPSA) is 26.3 Å². The number of benzene rings is 2. The SMILES string of the molecule is COC(=O)c1cc2c(-c3ccccc3Cl)cccc2s1. The van der Waals surface area contributed by atoms with Crippen LogP contribution in [0.3, 0.4) is 0 Å². The smallest absolute Gasteiger partial charge is 0.348 e. The first-order chi connectivity index (χ1) is 9.70. The number of esters is 1. The minimum Gasteiger partial charge on any atom is -0.465 e. The van der Waals surface area contributed by atoms with Crippen LogP contribution in [0.15, 0.2) is 48.5 Å². The number of carbonyl (C=O) groups excluding carboxylic acids is 1. The Morgan fingerprint density at radius 1 is 1.10 bits per heavy atom. The van der Waals surface area contributed by atoms with Crippen molar-refractivity contribution >= 4 is 39.0 Å². The Bertz CT molecular complexity index is 792. The maximum Gasteiger partial charge on any atom is 0.348 e. The fraction of sp³-hybridized carbons (Fsp3) is 0.0625. The van der Waals surface area contributed by atoms with Crippen LogP contribution in [0, 0.1) is 0 Å². The molecule has 2 aromatic carbocycles. The molecule has 3 aromatic rings. The Kier molecular flexibility index (Phi) is 3.47. The Morgan fingerprint density at radius 3 is 2.60 bits per heavy atom. The lowest BCUT2D eigenvalue weighted by molar-refractivity contribution is 0.0606. The summed E-state index contributed by atoms with van der Waals surface area (Å²) in [5.41, 5.74) is 1.99. The normalized spacial score (nSPS) is 10.7. The van der Waals surface area contributed by atoms with E-state index in [1.165, 1.54) is 18.4 Å². The Labute approximate surface area is 125 Å². The van der Waals surface area contributed by atoms with Gasteiger partial charge in [-0.15, -0.1) is 11.3 Å². The van der Waals surface area contributed by atoms with Gasteiger partial charge in [-0.25, -0.2) is 4.79 Å². The molecule has 0 spiro atoms. The molecular formula is C16H11ClO2S. The van der Waals surface area contributed by atoms with E-state index >= 15 is 0 Å². The molecule has 0 bridgehead atoms. The van der Waals surface area contributed by atoms with E-state index < -0.39 is 0 Å². The predicted octanol–water partition coefficient (Wildman–Crippen LogP) is 5.01. The van der Waals surface area contributed by atoms with Gasteiger partial charge in [0.15, 0.2) is 0 Å². The van der Waals surface area contributed by atoms with Crippen molar-refractivity contribution in [3.63, 3.8) is 0 Å². The molecule has 0 aliphatic carbocycles. The van der Waals surface area contributed by atoms with E-state index in [1.54, 1.807) is 0 Å². The minimum atomic E-state index is -0.309. The Hall–Kier alpha value is -1.84. The first-order valence-electron chi connectivity index (χ1n) is 6.06. The number of thiophene rings is 1. The summed E-state index contributed by atoms with van der Waals surface area (Å²) in [6.07, 6.45) is 0. The number of fused-ring (bicyclic) bond motifs is 1. The van der Waals surface area contributed by atoms with Crippen molar-refractivity contribution < 1.29 is 9.53 Å². The van der Waals surface area contributed by atoms with Gasteiger partial charge in [0.25, 0.3) is 0 Å². The van der Waals surface area contributed by atoms with Gasteiger partial charge >= 0.3 is 5.97 Å². The lowest BCUT2D eigenvalue weighted by atomic mass is 10.0. The molecule has 0 radical (unpaired) electrons. The Morgan fingerprint density at radius 2 is 1.85 bits per heavy atom. The van der Waals surface area contributed by atoms with Gasteiger partial charge in [0.2, 0.25) is 0 Å². The molecule has 0 N–H and O–H groups in total. The van der Waals surface area contributed by atoms with Crippen LogP contribution in [0.25, 0.3) is 21.2 Å². The summed E-state index contributed by atoms with van der Waals surface area (Å²) in [6, 6.07) is 15.5. The highest BCUT2D eigenvalue weighted by Crippen LogP contribution is 2.37. The molecule has 2 nitrogen and oxygen atoms in total. The van der Waals surface area contributed by atoms with E-state index in [0.29, 0.717) is 9.90 Å². The largest absolute Gasteiger partial charge is 0.465 e. The predicted molar refractivity (Wildman–Crippen MR) is 83.6 cm³/mol. The summed E-state index contributed by atoms with van der Waals surface area (Å²) in [5.74, 6) is -0.309. The average Bonchev–Trinajstić information content (AvgIpc) is 2.91. The molecule has 0 aliphatic heterocycles. The van der Waals surface area contributed by atoms with Gasteiger partial charge in [0.05, 0.1) is 7.11 Å². The molecule has 0 fully saturated rings. The number of ether oxygens (including phenoxy) is 1. The summed E-state index contributed by atoms with van der Waals surface area (Å²) in [6.45, 7) is 0. The Balaban J connectivity index is 2.24. The summed E-state index contributed by atoms with van der Waals surface area (Å²) >= 11 is 7.69. The third-order valence-electron chi connectivity index (χ3n) is 3.11. The molecule has 20 heavy (non-hydrogen) atoms. The van der Waals surface area contributed by atoms with Crippen LogP contribution in [0.1, 0.15) is 9.67 Å². The summed E-state index contributed by atoms with van der Waals surface area (Å²) in [5, 5.41) is 1.72. The van der Waals surface area contributed by atoms with Crippen molar-refractivity contribution in [1.82, 2.24) is 0 Å². The fourth-order valence-corrected chi connectivity index (χ4v) is 3.42. The standard InChI is InChI=1S/C16H11ClO2S/c1-19-16(18)15-9-12-10(6-4-8-14(12)20-15)11-5-2-3-7-13(11)17/h2-9H,1H3. The first-order valence-corrected chi connectivity index (χ1v) is 7.26. The zero-order valence-electron chi connectivity index (χ0n) is 10.7. The lowest BCUT2D eigenvalue weighted by Gasteiger charge is -2.05. The maximum absolute atomic E-state index is 11.7. The number of halogens is 1. The van der Waals surface area contributed by atoms with Crippen molar-refractivity contribution in [2.45, 2.75) is 0 Å². The number of methoxy groups -OCH3 is 1. The van der Waals surface area contributed by atoms with Crippen LogP contribution in [-0.2, 0) is 4.74 Å². The van der Waals surface area contributed by atoms with E-state index in [4.69, 9.17) is 16.3 Å². The molecule has 1 heterocycles.